The van der Waals surface area contributed by atoms with E-state index in [4.69, 9.17) is 0 Å². The molecule has 68 valence electrons. The number of hydrogen-bond acceptors (Lipinski definition) is 2. The van der Waals surface area contributed by atoms with Gasteiger partial charge in [-0.25, -0.2) is 0 Å². The Balaban J connectivity index is 2.32. The van der Waals surface area contributed by atoms with Gasteiger partial charge < -0.3 is 5.32 Å². The zero-order chi connectivity index (χ0) is 8.97. The van der Waals surface area contributed by atoms with Crippen molar-refractivity contribution in [1.29, 1.82) is 0 Å². The Morgan fingerprint density at radius 3 is 2.92 bits per heavy atom. The van der Waals surface area contributed by atoms with E-state index in [9.17, 15) is 4.79 Å². The summed E-state index contributed by atoms with van der Waals surface area (Å²) in [6, 6.07) is 0. The largest absolute Gasteiger partial charge is 0.316 e. The van der Waals surface area contributed by atoms with Crippen molar-refractivity contribution in [3.05, 3.63) is 12.2 Å². The van der Waals surface area contributed by atoms with Gasteiger partial charge in [0.15, 0.2) is 0 Å². The van der Waals surface area contributed by atoms with Gasteiger partial charge in [0.1, 0.15) is 5.78 Å². The molecular formula is C10H17NO. The highest BCUT2D eigenvalue weighted by atomic mass is 16.1. The Hall–Kier alpha value is -0.630. The highest BCUT2D eigenvalue weighted by molar-refractivity contribution is 5.83. The van der Waals surface area contributed by atoms with Gasteiger partial charge in [-0.1, -0.05) is 19.1 Å². The molecule has 0 spiro atoms. The van der Waals surface area contributed by atoms with E-state index in [2.05, 4.69) is 11.9 Å². The lowest BCUT2D eigenvalue weighted by atomic mass is 9.97. The fourth-order valence-corrected chi connectivity index (χ4v) is 1.45. The van der Waals surface area contributed by atoms with E-state index in [0.717, 1.165) is 31.5 Å². The molecule has 2 nitrogen and oxygen atoms in total. The van der Waals surface area contributed by atoms with Crippen LogP contribution >= 0.6 is 0 Å². The van der Waals surface area contributed by atoms with E-state index in [1.807, 2.05) is 6.92 Å². The van der Waals surface area contributed by atoms with Gasteiger partial charge in [-0.3, -0.25) is 4.79 Å². The van der Waals surface area contributed by atoms with Crippen LogP contribution < -0.4 is 5.32 Å². The molecule has 2 heteroatoms. The summed E-state index contributed by atoms with van der Waals surface area (Å²) in [6.07, 6.45) is 2.52. The fraction of sp³-hybridized carbons (Fsp3) is 0.700. The molecule has 0 amide bonds. The first-order valence-corrected chi connectivity index (χ1v) is 4.64. The van der Waals surface area contributed by atoms with Gasteiger partial charge in [0.05, 0.1) is 0 Å². The molecule has 1 saturated heterocycles. The maximum absolute atomic E-state index is 11.5. The van der Waals surface area contributed by atoms with Gasteiger partial charge in [0, 0.05) is 18.9 Å². The first-order valence-electron chi connectivity index (χ1n) is 4.64. The third-order valence-corrected chi connectivity index (χ3v) is 2.44. The number of ketones is 1. The van der Waals surface area contributed by atoms with Gasteiger partial charge >= 0.3 is 0 Å². The Morgan fingerprint density at radius 1 is 1.67 bits per heavy atom. The van der Waals surface area contributed by atoms with Gasteiger partial charge in [0.25, 0.3) is 0 Å². The van der Waals surface area contributed by atoms with Crippen LogP contribution in [0, 0.1) is 5.92 Å². The molecule has 1 heterocycles. The quantitative estimate of drug-likeness (QED) is 0.643. The molecule has 0 radical (unpaired) electrons. The molecule has 0 aromatic carbocycles. The van der Waals surface area contributed by atoms with Crippen molar-refractivity contribution in [2.45, 2.75) is 26.2 Å². The number of rotatable bonds is 4. The number of hydrogen-bond donors (Lipinski definition) is 1. The summed E-state index contributed by atoms with van der Waals surface area (Å²) in [5.41, 5.74) is 1.06. The second-order valence-electron chi connectivity index (χ2n) is 3.44. The maximum Gasteiger partial charge on any atom is 0.141 e. The van der Waals surface area contributed by atoms with Crippen molar-refractivity contribution >= 4 is 5.78 Å². The molecule has 0 aromatic rings. The van der Waals surface area contributed by atoms with E-state index < -0.39 is 0 Å². The molecule has 0 saturated carbocycles. The molecule has 1 N–H and O–H groups in total. The van der Waals surface area contributed by atoms with Crippen LogP contribution in [0.25, 0.3) is 0 Å². The Morgan fingerprint density at radius 2 is 2.42 bits per heavy atom. The van der Waals surface area contributed by atoms with Crippen LogP contribution in [0.2, 0.25) is 0 Å². The van der Waals surface area contributed by atoms with E-state index in [0.29, 0.717) is 12.2 Å². The predicted octanol–water partition coefficient (Wildman–Crippen LogP) is 1.52. The van der Waals surface area contributed by atoms with Crippen molar-refractivity contribution in [3.8, 4) is 0 Å². The minimum atomic E-state index is 0.258. The summed E-state index contributed by atoms with van der Waals surface area (Å²) in [5.74, 6) is 0.625. The van der Waals surface area contributed by atoms with Crippen molar-refractivity contribution < 1.29 is 4.79 Å². The van der Waals surface area contributed by atoms with Gasteiger partial charge in [-0.2, -0.15) is 0 Å². The Labute approximate surface area is 74.0 Å². The lowest BCUT2D eigenvalue weighted by Gasteiger charge is -2.07. The molecule has 1 aliphatic rings. The number of allylic oxidation sites excluding steroid dienone is 1. The molecule has 0 aliphatic carbocycles. The second-order valence-corrected chi connectivity index (χ2v) is 3.44. The van der Waals surface area contributed by atoms with E-state index in [1.165, 1.54) is 0 Å². The summed E-state index contributed by atoms with van der Waals surface area (Å²) in [4.78, 5) is 11.5. The Kier molecular flexibility index (Phi) is 3.48. The average Bonchev–Trinajstić information content (AvgIpc) is 2.56. The van der Waals surface area contributed by atoms with Gasteiger partial charge in [-0.05, 0) is 19.4 Å². The molecule has 12 heavy (non-hydrogen) atoms. The fourth-order valence-electron chi connectivity index (χ4n) is 1.45. The summed E-state index contributed by atoms with van der Waals surface area (Å²) < 4.78 is 0. The smallest absolute Gasteiger partial charge is 0.141 e. The minimum absolute atomic E-state index is 0.258. The number of Topliss-reactive ketones (excluding diaryl/α,β-unsaturated/α-hetero) is 1. The standard InChI is InChI=1S/C10H17NO/c1-3-8(2)6-10(12)9-4-5-11-7-9/h9,11H,2-7H2,1H3. The molecular weight excluding hydrogens is 150 g/mol. The normalized spacial score (nSPS) is 22.6. The monoisotopic (exact) mass is 167 g/mol. The van der Waals surface area contributed by atoms with E-state index in [1.54, 1.807) is 0 Å². The van der Waals surface area contributed by atoms with E-state index >= 15 is 0 Å². The van der Waals surface area contributed by atoms with Gasteiger partial charge in [-0.15, -0.1) is 0 Å². The number of carbonyl (C=O) groups excluding carboxylic acids is 1. The first kappa shape index (κ1) is 9.46. The van der Waals surface area contributed by atoms with Crippen LogP contribution in [0.15, 0.2) is 12.2 Å². The zero-order valence-electron chi connectivity index (χ0n) is 7.73. The van der Waals surface area contributed by atoms with Crippen molar-refractivity contribution in [2.24, 2.45) is 5.92 Å². The Bertz CT molecular complexity index is 180. The molecule has 1 atom stereocenters. The van der Waals surface area contributed by atoms with Crippen LogP contribution in [-0.2, 0) is 4.79 Å². The second kappa shape index (κ2) is 4.41. The molecule has 1 fully saturated rings. The molecule has 0 aromatic heterocycles. The highest BCUT2D eigenvalue weighted by Gasteiger charge is 2.21. The van der Waals surface area contributed by atoms with Crippen molar-refractivity contribution in [3.63, 3.8) is 0 Å². The molecule has 0 bridgehead atoms. The van der Waals surface area contributed by atoms with Crippen LogP contribution in [0.4, 0.5) is 0 Å². The summed E-state index contributed by atoms with van der Waals surface area (Å²) >= 11 is 0. The number of nitrogens with one attached hydrogen (secondary N) is 1. The predicted molar refractivity (Wildman–Crippen MR) is 50.0 cm³/mol. The maximum atomic E-state index is 11.5. The first-order chi connectivity index (χ1) is 5.74. The topological polar surface area (TPSA) is 29.1 Å². The summed E-state index contributed by atoms with van der Waals surface area (Å²) in [5, 5.41) is 3.19. The lowest BCUT2D eigenvalue weighted by Crippen LogP contribution is -2.17. The summed E-state index contributed by atoms with van der Waals surface area (Å²) in [6.45, 7) is 7.75. The number of carbonyl (C=O) groups is 1. The third kappa shape index (κ3) is 2.45. The van der Waals surface area contributed by atoms with Crippen LogP contribution in [0.3, 0.4) is 0 Å². The van der Waals surface area contributed by atoms with Crippen molar-refractivity contribution in [2.75, 3.05) is 13.1 Å². The zero-order valence-corrected chi connectivity index (χ0v) is 7.73. The molecule has 1 rings (SSSR count). The van der Waals surface area contributed by atoms with Crippen LogP contribution in [0.1, 0.15) is 26.2 Å². The average molecular weight is 167 g/mol. The summed E-state index contributed by atoms with van der Waals surface area (Å²) in [7, 11) is 0. The molecule has 1 aliphatic heterocycles. The lowest BCUT2D eigenvalue weighted by molar-refractivity contribution is -0.121. The third-order valence-electron chi connectivity index (χ3n) is 2.44. The minimum Gasteiger partial charge on any atom is -0.316 e. The van der Waals surface area contributed by atoms with E-state index in [-0.39, 0.29) is 5.92 Å². The van der Waals surface area contributed by atoms with Crippen molar-refractivity contribution in [1.82, 2.24) is 5.32 Å². The van der Waals surface area contributed by atoms with Crippen LogP contribution in [0.5, 0.6) is 0 Å². The molecule has 1 unspecified atom stereocenters. The van der Waals surface area contributed by atoms with Crippen LogP contribution in [-0.4, -0.2) is 18.9 Å². The highest BCUT2D eigenvalue weighted by Crippen LogP contribution is 2.14. The SMILES string of the molecule is C=C(CC)CC(=O)C1CCNC1. The van der Waals surface area contributed by atoms with Gasteiger partial charge in [0.2, 0.25) is 0 Å².